The van der Waals surface area contributed by atoms with Gasteiger partial charge in [0.1, 0.15) is 0 Å². The summed E-state index contributed by atoms with van der Waals surface area (Å²) < 4.78 is 5.51. The fourth-order valence-corrected chi connectivity index (χ4v) is 2.60. The van der Waals surface area contributed by atoms with Gasteiger partial charge in [-0.15, -0.1) is 0 Å². The third-order valence-electron chi connectivity index (χ3n) is 3.89. The summed E-state index contributed by atoms with van der Waals surface area (Å²) in [5.41, 5.74) is -0.128. The van der Waals surface area contributed by atoms with Crippen LogP contribution in [0.4, 0.5) is 0 Å². The van der Waals surface area contributed by atoms with Crippen molar-refractivity contribution in [3.63, 3.8) is 0 Å². The fraction of sp³-hybridized carbons (Fsp3) is 0.562. The molecular formula is C16H22N2O4. The van der Waals surface area contributed by atoms with Crippen LogP contribution in [-0.2, 0) is 9.53 Å². The molecular weight excluding hydrogens is 284 g/mol. The van der Waals surface area contributed by atoms with Gasteiger partial charge in [0.15, 0.2) is 12.3 Å². The lowest BCUT2D eigenvalue weighted by Crippen LogP contribution is -2.43. The summed E-state index contributed by atoms with van der Waals surface area (Å²) in [4.78, 5) is 24.0. The first-order valence-corrected chi connectivity index (χ1v) is 7.77. The van der Waals surface area contributed by atoms with Gasteiger partial charge in [0.25, 0.3) is 5.91 Å². The van der Waals surface area contributed by atoms with Gasteiger partial charge in [-0.25, -0.2) is 4.79 Å². The maximum atomic E-state index is 12.1. The summed E-state index contributed by atoms with van der Waals surface area (Å²) in [5.74, 6) is -1.10. The summed E-state index contributed by atoms with van der Waals surface area (Å²) >= 11 is 0. The van der Waals surface area contributed by atoms with E-state index in [4.69, 9.17) is 4.74 Å². The predicted molar refractivity (Wildman–Crippen MR) is 79.9 cm³/mol. The summed E-state index contributed by atoms with van der Waals surface area (Å²) in [5, 5.41) is 14.4. The Hall–Kier alpha value is -2.11. The largest absolute Gasteiger partial charge is 0.618 e. The van der Waals surface area contributed by atoms with Crippen molar-refractivity contribution < 1.29 is 19.1 Å². The van der Waals surface area contributed by atoms with Gasteiger partial charge in [0.2, 0.25) is 0 Å². The van der Waals surface area contributed by atoms with Gasteiger partial charge < -0.3 is 15.3 Å². The number of esters is 1. The van der Waals surface area contributed by atoms with Gasteiger partial charge in [0, 0.05) is 18.2 Å². The lowest BCUT2D eigenvalue weighted by atomic mass is 10.1. The van der Waals surface area contributed by atoms with Crippen LogP contribution in [-0.4, -0.2) is 24.0 Å². The predicted octanol–water partition coefficient (Wildman–Crippen LogP) is 1.70. The van der Waals surface area contributed by atoms with Gasteiger partial charge in [-0.05, 0) is 25.8 Å². The van der Waals surface area contributed by atoms with Crippen LogP contribution in [0.2, 0.25) is 0 Å². The molecule has 1 saturated carbocycles. The standard InChI is InChI=1S/C16H22N2O4/c1-12(15(19)17-13-8-4-2-3-5-9-13)22-16(20)14-10-6-7-11-18(14)21/h6-7,10-13H,2-5,8-9H2,1H3,(H,17,19)/t12-/m0/s1. The van der Waals surface area contributed by atoms with Gasteiger partial charge in [-0.2, -0.15) is 4.73 Å². The third-order valence-corrected chi connectivity index (χ3v) is 3.89. The average molecular weight is 306 g/mol. The van der Waals surface area contributed by atoms with E-state index in [0.29, 0.717) is 4.73 Å². The molecule has 1 N–H and O–H groups in total. The first-order chi connectivity index (χ1) is 10.6. The van der Waals surface area contributed by atoms with Gasteiger partial charge in [-0.3, -0.25) is 4.79 Å². The molecule has 1 aliphatic carbocycles. The van der Waals surface area contributed by atoms with Gasteiger partial charge in [-0.1, -0.05) is 25.7 Å². The molecule has 0 unspecified atom stereocenters. The number of nitrogens with one attached hydrogen (secondary N) is 1. The molecule has 0 radical (unpaired) electrons. The molecule has 0 aromatic carbocycles. The molecule has 0 spiro atoms. The van der Waals surface area contributed by atoms with E-state index < -0.39 is 12.1 Å². The van der Waals surface area contributed by atoms with Crippen LogP contribution in [0.3, 0.4) is 0 Å². The highest BCUT2D eigenvalue weighted by atomic mass is 16.6. The highest BCUT2D eigenvalue weighted by molar-refractivity contribution is 5.89. The number of rotatable bonds is 4. The van der Waals surface area contributed by atoms with Crippen molar-refractivity contribution in [3.05, 3.63) is 35.3 Å². The van der Waals surface area contributed by atoms with Crippen molar-refractivity contribution in [2.45, 2.75) is 57.6 Å². The number of nitrogens with zero attached hydrogens (tertiary/aromatic N) is 1. The highest BCUT2D eigenvalue weighted by Crippen LogP contribution is 2.17. The van der Waals surface area contributed by atoms with E-state index in [0.717, 1.165) is 25.7 Å². The molecule has 0 bridgehead atoms. The first-order valence-electron chi connectivity index (χ1n) is 7.77. The van der Waals surface area contributed by atoms with E-state index in [1.54, 1.807) is 6.07 Å². The summed E-state index contributed by atoms with van der Waals surface area (Å²) in [7, 11) is 0. The molecule has 120 valence electrons. The fourth-order valence-electron chi connectivity index (χ4n) is 2.60. The maximum absolute atomic E-state index is 12.1. The quantitative estimate of drug-likeness (QED) is 0.397. The monoisotopic (exact) mass is 306 g/mol. The minimum Gasteiger partial charge on any atom is -0.618 e. The molecule has 6 heteroatoms. The number of ether oxygens (including phenoxy) is 1. The second-order valence-electron chi connectivity index (χ2n) is 5.66. The smallest absolute Gasteiger partial charge is 0.405 e. The molecule has 0 saturated heterocycles. The number of aromatic nitrogens is 1. The van der Waals surface area contributed by atoms with Crippen molar-refractivity contribution in [1.82, 2.24) is 5.32 Å². The van der Waals surface area contributed by atoms with E-state index in [-0.39, 0.29) is 17.6 Å². The molecule has 6 nitrogen and oxygen atoms in total. The molecule has 1 heterocycles. The maximum Gasteiger partial charge on any atom is 0.405 e. The highest BCUT2D eigenvalue weighted by Gasteiger charge is 2.25. The number of carbonyl (C=O) groups is 2. The third kappa shape index (κ3) is 4.44. The van der Waals surface area contributed by atoms with Gasteiger partial charge >= 0.3 is 11.7 Å². The van der Waals surface area contributed by atoms with Crippen LogP contribution in [0.1, 0.15) is 55.9 Å². The molecule has 1 atom stereocenters. The molecule has 22 heavy (non-hydrogen) atoms. The average Bonchev–Trinajstić information content (AvgIpc) is 2.76. The Kier molecular flexibility index (Phi) is 5.75. The molecule has 1 aliphatic rings. The van der Waals surface area contributed by atoms with E-state index in [2.05, 4.69) is 5.32 Å². The van der Waals surface area contributed by atoms with Crippen molar-refractivity contribution in [3.8, 4) is 0 Å². The zero-order valence-corrected chi connectivity index (χ0v) is 12.8. The molecule has 1 fully saturated rings. The number of pyridine rings is 1. The topological polar surface area (TPSA) is 82.3 Å². The first kappa shape index (κ1) is 16.3. The lowest BCUT2D eigenvalue weighted by Gasteiger charge is -2.19. The van der Waals surface area contributed by atoms with Crippen molar-refractivity contribution in [2.24, 2.45) is 0 Å². The Morgan fingerprint density at radius 2 is 1.95 bits per heavy atom. The van der Waals surface area contributed by atoms with Crippen molar-refractivity contribution in [1.29, 1.82) is 0 Å². The minimum absolute atomic E-state index is 0.128. The van der Waals surface area contributed by atoms with Crippen LogP contribution < -0.4 is 10.0 Å². The van der Waals surface area contributed by atoms with E-state index in [9.17, 15) is 14.8 Å². The Labute approximate surface area is 130 Å². The summed E-state index contributed by atoms with van der Waals surface area (Å²) in [6, 6.07) is 4.61. The summed E-state index contributed by atoms with van der Waals surface area (Å²) in [6.07, 6.45) is 6.85. The summed E-state index contributed by atoms with van der Waals surface area (Å²) in [6.45, 7) is 1.52. The Morgan fingerprint density at radius 1 is 1.27 bits per heavy atom. The Balaban J connectivity index is 1.88. The molecule has 2 rings (SSSR count). The second-order valence-corrected chi connectivity index (χ2v) is 5.66. The molecule has 0 aliphatic heterocycles. The number of amides is 1. The zero-order chi connectivity index (χ0) is 15.9. The second kappa shape index (κ2) is 7.77. The SMILES string of the molecule is C[C@H](OC(=O)c1cccc[n+]1[O-])C(=O)NC1CCCCCC1. The lowest BCUT2D eigenvalue weighted by molar-refractivity contribution is -0.608. The van der Waals surface area contributed by atoms with E-state index in [1.807, 2.05) is 0 Å². The van der Waals surface area contributed by atoms with Crippen LogP contribution in [0.15, 0.2) is 24.4 Å². The molecule has 1 aromatic heterocycles. The van der Waals surface area contributed by atoms with Crippen LogP contribution in [0, 0.1) is 5.21 Å². The number of carbonyl (C=O) groups excluding carboxylic acids is 2. The van der Waals surface area contributed by atoms with Crippen molar-refractivity contribution in [2.75, 3.05) is 0 Å². The Morgan fingerprint density at radius 3 is 2.59 bits per heavy atom. The van der Waals surface area contributed by atoms with Crippen LogP contribution in [0.25, 0.3) is 0 Å². The van der Waals surface area contributed by atoms with E-state index >= 15 is 0 Å². The van der Waals surface area contributed by atoms with Crippen molar-refractivity contribution >= 4 is 11.9 Å². The minimum atomic E-state index is -0.920. The number of hydrogen-bond donors (Lipinski definition) is 1. The Bertz CT molecular complexity index is 525. The zero-order valence-electron chi connectivity index (χ0n) is 12.8. The van der Waals surface area contributed by atoms with Crippen LogP contribution in [0.5, 0.6) is 0 Å². The van der Waals surface area contributed by atoms with Crippen LogP contribution >= 0.6 is 0 Å². The molecule has 1 aromatic rings. The number of hydrogen-bond acceptors (Lipinski definition) is 4. The van der Waals surface area contributed by atoms with E-state index in [1.165, 1.54) is 38.1 Å². The molecule has 1 amide bonds. The normalized spacial score (nSPS) is 17.3. The van der Waals surface area contributed by atoms with Gasteiger partial charge in [0.05, 0.1) is 0 Å².